The van der Waals surface area contributed by atoms with Crippen LogP contribution >= 0.6 is 0 Å². The van der Waals surface area contributed by atoms with Crippen LogP contribution in [0.4, 0.5) is 11.8 Å². The van der Waals surface area contributed by atoms with Crippen molar-refractivity contribution >= 4 is 11.8 Å². The lowest BCUT2D eigenvalue weighted by molar-refractivity contribution is 0.0494. The molecule has 1 aromatic heterocycles. The summed E-state index contributed by atoms with van der Waals surface area (Å²) in [7, 11) is 0. The van der Waals surface area contributed by atoms with Crippen molar-refractivity contribution < 1.29 is 4.74 Å². The lowest BCUT2D eigenvalue weighted by atomic mass is 10.3. The lowest BCUT2D eigenvalue weighted by Gasteiger charge is -2.28. The largest absolute Gasteiger partial charge is 0.379 e. The van der Waals surface area contributed by atoms with Gasteiger partial charge in [-0.05, 0) is 13.8 Å². The second-order valence-electron chi connectivity index (χ2n) is 3.97. The molecule has 17 heavy (non-hydrogen) atoms. The molecule has 0 spiro atoms. The average Bonchev–Trinajstić information content (AvgIpc) is 2.35. The molecule has 1 fully saturated rings. The van der Waals surface area contributed by atoms with Crippen molar-refractivity contribution in [1.82, 2.24) is 15.0 Å². The molecular formula is C11H19N5O. The minimum atomic E-state index is 0.661. The summed E-state index contributed by atoms with van der Waals surface area (Å²) < 4.78 is 5.30. The summed E-state index contributed by atoms with van der Waals surface area (Å²) in [5.41, 5.74) is 4.35. The van der Waals surface area contributed by atoms with E-state index in [9.17, 15) is 0 Å². The topological polar surface area (TPSA) is 62.3 Å². The number of hydrogen-bond acceptors (Lipinski definition) is 6. The fourth-order valence-electron chi connectivity index (χ4n) is 1.62. The van der Waals surface area contributed by atoms with E-state index in [1.807, 2.05) is 20.0 Å². The zero-order valence-corrected chi connectivity index (χ0v) is 10.4. The molecule has 0 radical (unpaired) electrons. The lowest BCUT2D eigenvalue weighted by Crippen LogP contribution is -2.40. The van der Waals surface area contributed by atoms with Crippen molar-refractivity contribution in [3.63, 3.8) is 0 Å². The third kappa shape index (κ3) is 3.28. The molecule has 6 heteroatoms. The summed E-state index contributed by atoms with van der Waals surface area (Å²) in [4.78, 5) is 8.66. The van der Waals surface area contributed by atoms with Crippen LogP contribution in [-0.4, -0.2) is 47.8 Å². The van der Waals surface area contributed by atoms with E-state index < -0.39 is 0 Å². The first-order chi connectivity index (χ1) is 8.29. The van der Waals surface area contributed by atoms with E-state index in [0.717, 1.165) is 44.2 Å². The zero-order chi connectivity index (χ0) is 12.1. The van der Waals surface area contributed by atoms with Crippen molar-refractivity contribution in [2.75, 3.05) is 43.6 Å². The van der Waals surface area contributed by atoms with Crippen molar-refractivity contribution in [2.45, 2.75) is 13.8 Å². The van der Waals surface area contributed by atoms with Crippen LogP contribution in [0.5, 0.6) is 0 Å². The predicted octanol–water partition coefficient (Wildman–Crippen LogP) is 0.876. The van der Waals surface area contributed by atoms with Gasteiger partial charge < -0.3 is 15.5 Å². The first-order valence-corrected chi connectivity index (χ1v) is 5.96. The minimum Gasteiger partial charge on any atom is -0.379 e. The Kier molecular flexibility index (Phi) is 4.11. The monoisotopic (exact) mass is 237 g/mol. The minimum absolute atomic E-state index is 0.661. The first-order valence-electron chi connectivity index (χ1n) is 5.96. The molecule has 0 atom stereocenters. The van der Waals surface area contributed by atoms with Gasteiger partial charge in [0.05, 0.1) is 13.2 Å². The average molecular weight is 237 g/mol. The number of hydrazine groups is 1. The molecule has 6 nitrogen and oxygen atoms in total. The highest BCUT2D eigenvalue weighted by Gasteiger charge is 2.12. The van der Waals surface area contributed by atoms with Crippen LogP contribution < -0.4 is 10.7 Å². The Balaban J connectivity index is 2.04. The number of ether oxygens (including phenoxy) is 1. The quantitative estimate of drug-likeness (QED) is 0.810. The summed E-state index contributed by atoms with van der Waals surface area (Å²) in [6.07, 6.45) is 1.83. The summed E-state index contributed by atoms with van der Waals surface area (Å²) in [5, 5.41) is 5.23. The SMILES string of the molecule is CCNc1ncc(C)c(NN2CCOCC2)n1. The van der Waals surface area contributed by atoms with E-state index >= 15 is 0 Å². The fraction of sp³-hybridized carbons (Fsp3) is 0.636. The van der Waals surface area contributed by atoms with Crippen LogP contribution in [0.2, 0.25) is 0 Å². The van der Waals surface area contributed by atoms with Gasteiger partial charge in [0, 0.05) is 31.4 Å². The molecule has 1 saturated heterocycles. The van der Waals surface area contributed by atoms with Gasteiger partial charge in [-0.2, -0.15) is 4.98 Å². The molecular weight excluding hydrogens is 218 g/mol. The van der Waals surface area contributed by atoms with E-state index in [2.05, 4.69) is 25.7 Å². The van der Waals surface area contributed by atoms with Gasteiger partial charge in [0.2, 0.25) is 5.95 Å². The van der Waals surface area contributed by atoms with E-state index in [1.165, 1.54) is 0 Å². The maximum atomic E-state index is 5.30. The van der Waals surface area contributed by atoms with Crippen LogP contribution in [-0.2, 0) is 4.74 Å². The Morgan fingerprint density at radius 2 is 2.18 bits per heavy atom. The third-order valence-corrected chi connectivity index (χ3v) is 2.58. The summed E-state index contributed by atoms with van der Waals surface area (Å²) in [5.74, 6) is 1.52. The van der Waals surface area contributed by atoms with Crippen LogP contribution in [0.15, 0.2) is 6.20 Å². The van der Waals surface area contributed by atoms with Gasteiger partial charge >= 0.3 is 0 Å². The second-order valence-corrected chi connectivity index (χ2v) is 3.97. The van der Waals surface area contributed by atoms with Crippen LogP contribution in [0.1, 0.15) is 12.5 Å². The predicted molar refractivity (Wildman–Crippen MR) is 66.9 cm³/mol. The van der Waals surface area contributed by atoms with E-state index in [1.54, 1.807) is 0 Å². The van der Waals surface area contributed by atoms with Gasteiger partial charge in [0.15, 0.2) is 0 Å². The van der Waals surface area contributed by atoms with Crippen molar-refractivity contribution in [3.8, 4) is 0 Å². The number of aryl methyl sites for hydroxylation is 1. The van der Waals surface area contributed by atoms with Crippen molar-refractivity contribution in [2.24, 2.45) is 0 Å². The van der Waals surface area contributed by atoms with Crippen molar-refractivity contribution in [3.05, 3.63) is 11.8 Å². The molecule has 1 aliphatic heterocycles. The molecule has 1 aliphatic rings. The summed E-state index contributed by atoms with van der Waals surface area (Å²) in [6, 6.07) is 0. The highest BCUT2D eigenvalue weighted by atomic mass is 16.5. The smallest absolute Gasteiger partial charge is 0.224 e. The molecule has 0 saturated carbocycles. The Hall–Kier alpha value is -1.40. The second kappa shape index (κ2) is 5.79. The third-order valence-electron chi connectivity index (χ3n) is 2.58. The number of morpholine rings is 1. The molecule has 2 rings (SSSR count). The molecule has 0 aliphatic carbocycles. The normalized spacial score (nSPS) is 16.8. The Bertz CT molecular complexity index is 365. The van der Waals surface area contributed by atoms with Gasteiger partial charge in [-0.25, -0.2) is 9.99 Å². The molecule has 0 aromatic carbocycles. The maximum absolute atomic E-state index is 5.30. The highest BCUT2D eigenvalue weighted by molar-refractivity contribution is 5.45. The van der Waals surface area contributed by atoms with E-state index in [0.29, 0.717) is 5.95 Å². The number of anilines is 2. The van der Waals surface area contributed by atoms with Gasteiger partial charge in [-0.3, -0.25) is 0 Å². The zero-order valence-electron chi connectivity index (χ0n) is 10.4. The Labute approximate surface area is 101 Å². The standard InChI is InChI=1S/C11H19N5O/c1-3-12-11-13-8-9(2)10(14-11)15-16-4-6-17-7-5-16/h8H,3-7H2,1-2H3,(H2,12,13,14,15). The summed E-state index contributed by atoms with van der Waals surface area (Å²) in [6.45, 7) is 8.12. The van der Waals surface area contributed by atoms with Gasteiger partial charge in [-0.15, -0.1) is 0 Å². The molecule has 2 heterocycles. The summed E-state index contributed by atoms with van der Waals surface area (Å²) >= 11 is 0. The first kappa shape index (κ1) is 12.1. The number of hydrogen-bond donors (Lipinski definition) is 2. The highest BCUT2D eigenvalue weighted by Crippen LogP contribution is 2.13. The van der Waals surface area contributed by atoms with Gasteiger partial charge in [0.25, 0.3) is 0 Å². The van der Waals surface area contributed by atoms with Gasteiger partial charge in [0.1, 0.15) is 5.82 Å². The van der Waals surface area contributed by atoms with Crippen LogP contribution in [0.3, 0.4) is 0 Å². The maximum Gasteiger partial charge on any atom is 0.224 e. The van der Waals surface area contributed by atoms with E-state index in [-0.39, 0.29) is 0 Å². The number of nitrogens with zero attached hydrogens (tertiary/aromatic N) is 3. The van der Waals surface area contributed by atoms with Crippen LogP contribution in [0.25, 0.3) is 0 Å². The molecule has 0 unspecified atom stereocenters. The van der Waals surface area contributed by atoms with Crippen molar-refractivity contribution in [1.29, 1.82) is 0 Å². The number of rotatable bonds is 4. The van der Waals surface area contributed by atoms with Crippen LogP contribution in [0, 0.1) is 6.92 Å². The molecule has 0 amide bonds. The number of aromatic nitrogens is 2. The fourth-order valence-corrected chi connectivity index (χ4v) is 1.62. The molecule has 1 aromatic rings. The Morgan fingerprint density at radius 1 is 1.41 bits per heavy atom. The molecule has 94 valence electrons. The molecule has 2 N–H and O–H groups in total. The van der Waals surface area contributed by atoms with E-state index in [4.69, 9.17) is 4.74 Å². The van der Waals surface area contributed by atoms with Gasteiger partial charge in [-0.1, -0.05) is 0 Å². The number of nitrogens with one attached hydrogen (secondary N) is 2. The Morgan fingerprint density at radius 3 is 2.88 bits per heavy atom. The molecule has 0 bridgehead atoms.